The van der Waals surface area contributed by atoms with E-state index in [1.165, 1.54) is 6.42 Å². The summed E-state index contributed by atoms with van der Waals surface area (Å²) in [6.45, 7) is 0. The highest BCUT2D eigenvalue weighted by Gasteiger charge is 2.62. The molecule has 124 valence electrons. The number of piperidine rings is 1. The number of nitriles is 1. The summed E-state index contributed by atoms with van der Waals surface area (Å²) in [4.78, 5) is 14.9. The van der Waals surface area contributed by atoms with Crippen LogP contribution in [0.3, 0.4) is 0 Å². The fourth-order valence-corrected chi connectivity index (χ4v) is 6.96. The SMILES string of the molecule is N#C[C@H]1C[C@H]2C[C@@H]2N1C(=O)[C@@H](N)C12CC3CC(CC(O)(C3)C1)C2. The third-order valence-corrected chi connectivity index (χ3v) is 7.51. The normalized spacial score (nSPS) is 53.8. The Hall–Kier alpha value is -1.12. The van der Waals surface area contributed by atoms with Gasteiger partial charge in [0, 0.05) is 6.04 Å². The lowest BCUT2D eigenvalue weighted by Gasteiger charge is -2.61. The van der Waals surface area contributed by atoms with E-state index in [4.69, 9.17) is 5.73 Å². The predicted molar refractivity (Wildman–Crippen MR) is 82.8 cm³/mol. The number of aliphatic hydroxyl groups is 1. The summed E-state index contributed by atoms with van der Waals surface area (Å²) in [5, 5.41) is 20.2. The van der Waals surface area contributed by atoms with Crippen LogP contribution in [0.15, 0.2) is 0 Å². The molecule has 1 amide bonds. The molecule has 23 heavy (non-hydrogen) atoms. The Bertz CT molecular complexity index is 598. The molecule has 0 spiro atoms. The van der Waals surface area contributed by atoms with Gasteiger partial charge in [-0.3, -0.25) is 4.79 Å². The van der Waals surface area contributed by atoms with Crippen molar-refractivity contribution < 1.29 is 9.90 Å². The van der Waals surface area contributed by atoms with Crippen molar-refractivity contribution in [1.29, 1.82) is 5.26 Å². The van der Waals surface area contributed by atoms with E-state index >= 15 is 0 Å². The van der Waals surface area contributed by atoms with Crippen LogP contribution in [0.5, 0.6) is 0 Å². The lowest BCUT2D eigenvalue weighted by Crippen LogP contribution is -2.64. The van der Waals surface area contributed by atoms with Crippen LogP contribution < -0.4 is 5.73 Å². The van der Waals surface area contributed by atoms with Gasteiger partial charge < -0.3 is 15.7 Å². The molecule has 1 heterocycles. The number of hydrogen-bond acceptors (Lipinski definition) is 4. The van der Waals surface area contributed by atoms with Gasteiger partial charge in [-0.25, -0.2) is 0 Å². The maximum absolute atomic E-state index is 13.1. The van der Waals surface area contributed by atoms with Gasteiger partial charge in [0.25, 0.3) is 0 Å². The molecule has 5 heteroatoms. The molecule has 0 radical (unpaired) electrons. The number of hydrogen-bond donors (Lipinski definition) is 2. The van der Waals surface area contributed by atoms with Gasteiger partial charge in [0.1, 0.15) is 6.04 Å². The Morgan fingerprint density at radius 2 is 1.91 bits per heavy atom. The zero-order chi connectivity index (χ0) is 16.0. The van der Waals surface area contributed by atoms with Crippen molar-refractivity contribution in [2.24, 2.45) is 28.9 Å². The van der Waals surface area contributed by atoms with Crippen molar-refractivity contribution >= 4 is 5.91 Å². The quantitative estimate of drug-likeness (QED) is 0.800. The van der Waals surface area contributed by atoms with Crippen LogP contribution in [0.2, 0.25) is 0 Å². The molecule has 0 aromatic carbocycles. The largest absolute Gasteiger partial charge is 0.390 e. The van der Waals surface area contributed by atoms with E-state index in [1.54, 1.807) is 4.90 Å². The van der Waals surface area contributed by atoms with Crippen LogP contribution in [0.25, 0.3) is 0 Å². The van der Waals surface area contributed by atoms with Crippen molar-refractivity contribution in [3.05, 3.63) is 0 Å². The third-order valence-electron chi connectivity index (χ3n) is 7.51. The molecule has 6 rings (SSSR count). The Labute approximate surface area is 136 Å². The first-order valence-corrected chi connectivity index (χ1v) is 9.13. The predicted octanol–water partition coefficient (Wildman–Crippen LogP) is 1.16. The minimum atomic E-state index is -0.594. The Morgan fingerprint density at radius 3 is 2.52 bits per heavy atom. The molecule has 4 bridgehead atoms. The summed E-state index contributed by atoms with van der Waals surface area (Å²) in [6, 6.07) is 1.72. The van der Waals surface area contributed by atoms with Gasteiger partial charge in [0.05, 0.1) is 17.7 Å². The molecule has 1 aliphatic heterocycles. The number of likely N-dealkylation sites (tertiary alicyclic amines) is 1. The summed E-state index contributed by atoms with van der Waals surface area (Å²) < 4.78 is 0. The first-order chi connectivity index (χ1) is 10.9. The number of fused-ring (bicyclic) bond motifs is 1. The molecule has 0 aromatic heterocycles. The number of amides is 1. The van der Waals surface area contributed by atoms with E-state index in [1.807, 2.05) is 0 Å². The Morgan fingerprint density at radius 1 is 1.22 bits per heavy atom. The summed E-state index contributed by atoms with van der Waals surface area (Å²) in [5.74, 6) is 1.56. The molecular weight excluding hydrogens is 290 g/mol. The monoisotopic (exact) mass is 315 g/mol. The van der Waals surface area contributed by atoms with E-state index in [0.717, 1.165) is 38.5 Å². The van der Waals surface area contributed by atoms with Gasteiger partial charge >= 0.3 is 0 Å². The fraction of sp³-hybridized carbons (Fsp3) is 0.889. The van der Waals surface area contributed by atoms with E-state index in [-0.39, 0.29) is 23.4 Å². The van der Waals surface area contributed by atoms with Gasteiger partial charge in [-0.2, -0.15) is 5.26 Å². The zero-order valence-electron chi connectivity index (χ0n) is 13.4. The smallest absolute Gasteiger partial charge is 0.241 e. The van der Waals surface area contributed by atoms with Crippen LogP contribution in [0.1, 0.15) is 51.4 Å². The van der Waals surface area contributed by atoms with Gasteiger partial charge in [-0.15, -0.1) is 0 Å². The maximum atomic E-state index is 13.1. The Balaban J connectivity index is 1.43. The van der Waals surface area contributed by atoms with E-state index in [2.05, 4.69) is 6.07 Å². The molecule has 6 atom stereocenters. The van der Waals surface area contributed by atoms with Gasteiger partial charge in [-0.1, -0.05) is 0 Å². The molecule has 0 aromatic rings. The average molecular weight is 315 g/mol. The average Bonchev–Trinajstić information content (AvgIpc) is 3.14. The van der Waals surface area contributed by atoms with Crippen molar-refractivity contribution in [3.8, 4) is 6.07 Å². The summed E-state index contributed by atoms with van der Waals surface area (Å²) in [6.07, 6.45) is 7.48. The second-order valence-electron chi connectivity index (χ2n) is 9.21. The van der Waals surface area contributed by atoms with Crippen LogP contribution in [-0.2, 0) is 4.79 Å². The number of carbonyl (C=O) groups is 1. The second kappa shape index (κ2) is 4.29. The minimum absolute atomic E-state index is 0.0212. The maximum Gasteiger partial charge on any atom is 0.241 e. The van der Waals surface area contributed by atoms with Gasteiger partial charge in [0.15, 0.2) is 0 Å². The Kier molecular flexibility index (Phi) is 2.65. The van der Waals surface area contributed by atoms with E-state index < -0.39 is 11.6 Å². The second-order valence-corrected chi connectivity index (χ2v) is 9.21. The molecular formula is C18H25N3O2. The first kappa shape index (κ1) is 14.2. The van der Waals surface area contributed by atoms with Gasteiger partial charge in [-0.05, 0) is 74.5 Å². The lowest BCUT2D eigenvalue weighted by molar-refractivity contribution is -0.177. The zero-order valence-corrected chi connectivity index (χ0v) is 13.4. The van der Waals surface area contributed by atoms with E-state index in [0.29, 0.717) is 24.2 Å². The molecule has 1 saturated heterocycles. The van der Waals surface area contributed by atoms with Crippen molar-refractivity contribution in [2.75, 3.05) is 0 Å². The number of nitrogens with two attached hydrogens (primary N) is 1. The molecule has 6 fully saturated rings. The molecule has 3 N–H and O–H groups in total. The number of rotatable bonds is 2. The standard InChI is InChI=1S/C18H25N3O2/c19-8-13-2-12-3-14(12)21(13)16(22)15(20)17-4-10-1-11(5-17)7-18(23,6-10)9-17/h10-15,23H,1-7,9,20H2/t10?,11?,12-,13+,14-,15+,17?,18?/m0/s1. The summed E-state index contributed by atoms with van der Waals surface area (Å²) >= 11 is 0. The molecule has 5 saturated carbocycles. The first-order valence-electron chi connectivity index (χ1n) is 9.13. The summed E-state index contributed by atoms with van der Waals surface area (Å²) in [7, 11) is 0. The minimum Gasteiger partial charge on any atom is -0.390 e. The van der Waals surface area contributed by atoms with Crippen molar-refractivity contribution in [1.82, 2.24) is 4.90 Å². The fourth-order valence-electron chi connectivity index (χ4n) is 6.96. The van der Waals surface area contributed by atoms with Gasteiger partial charge in [0.2, 0.25) is 5.91 Å². The van der Waals surface area contributed by atoms with Crippen LogP contribution >= 0.6 is 0 Å². The van der Waals surface area contributed by atoms with Crippen LogP contribution in [0.4, 0.5) is 0 Å². The molecule has 5 aliphatic carbocycles. The third kappa shape index (κ3) is 1.88. The highest BCUT2D eigenvalue weighted by Crippen LogP contribution is 2.63. The van der Waals surface area contributed by atoms with Crippen LogP contribution in [0, 0.1) is 34.5 Å². The van der Waals surface area contributed by atoms with Crippen LogP contribution in [-0.4, -0.2) is 39.6 Å². The lowest BCUT2D eigenvalue weighted by atomic mass is 9.46. The molecule has 6 aliphatic rings. The van der Waals surface area contributed by atoms with Crippen molar-refractivity contribution in [2.45, 2.75) is 75.1 Å². The molecule has 2 unspecified atom stereocenters. The van der Waals surface area contributed by atoms with E-state index in [9.17, 15) is 15.2 Å². The highest BCUT2D eigenvalue weighted by atomic mass is 16.3. The highest BCUT2D eigenvalue weighted by molar-refractivity contribution is 5.84. The number of nitrogens with zero attached hydrogens (tertiary/aromatic N) is 2. The summed E-state index contributed by atoms with van der Waals surface area (Å²) in [5.41, 5.74) is 5.71. The molecule has 5 nitrogen and oxygen atoms in total. The van der Waals surface area contributed by atoms with Crippen molar-refractivity contribution in [3.63, 3.8) is 0 Å². The topological polar surface area (TPSA) is 90.4 Å². The number of carbonyl (C=O) groups excluding carboxylic acids is 1.